The zero-order chi connectivity index (χ0) is 12.4. The molecule has 0 unspecified atom stereocenters. The minimum atomic E-state index is -0.158. The van der Waals surface area contributed by atoms with E-state index in [0.717, 1.165) is 6.42 Å². The average Bonchev–Trinajstić information content (AvgIpc) is 2.23. The second-order valence-corrected chi connectivity index (χ2v) is 5.20. The predicted molar refractivity (Wildman–Crippen MR) is 70.1 cm³/mol. The summed E-state index contributed by atoms with van der Waals surface area (Å²) in [5.41, 5.74) is 5.26. The van der Waals surface area contributed by atoms with Gasteiger partial charge < -0.3 is 5.73 Å². The standard InChI is InChI=1S/C14H29NO/c1-4-5-6-7-8-9-10-12(2)11-13(3)14(15)16/h12-13H,4-11H2,1-3H3,(H2,15,16)/t12-,13-/m0/s1. The Labute approximate surface area is 101 Å². The molecule has 16 heavy (non-hydrogen) atoms. The summed E-state index contributed by atoms with van der Waals surface area (Å²) in [6.07, 6.45) is 10.3. The number of rotatable bonds is 10. The van der Waals surface area contributed by atoms with Crippen LogP contribution in [-0.2, 0) is 4.79 Å². The molecule has 0 aromatic rings. The molecule has 0 saturated heterocycles. The van der Waals surface area contributed by atoms with Crippen molar-refractivity contribution in [2.45, 2.75) is 72.1 Å². The van der Waals surface area contributed by atoms with E-state index in [0.29, 0.717) is 5.92 Å². The highest BCUT2D eigenvalue weighted by Crippen LogP contribution is 2.18. The fourth-order valence-corrected chi connectivity index (χ4v) is 2.11. The molecule has 2 heteroatoms. The topological polar surface area (TPSA) is 43.1 Å². The van der Waals surface area contributed by atoms with Gasteiger partial charge in [-0.2, -0.15) is 0 Å². The Hall–Kier alpha value is -0.530. The van der Waals surface area contributed by atoms with E-state index in [-0.39, 0.29) is 11.8 Å². The van der Waals surface area contributed by atoms with Gasteiger partial charge in [0.25, 0.3) is 0 Å². The first-order valence-electron chi connectivity index (χ1n) is 6.87. The second-order valence-electron chi connectivity index (χ2n) is 5.20. The maximum atomic E-state index is 10.9. The maximum Gasteiger partial charge on any atom is 0.220 e. The highest BCUT2D eigenvalue weighted by molar-refractivity contribution is 5.76. The van der Waals surface area contributed by atoms with Gasteiger partial charge in [-0.25, -0.2) is 0 Å². The third-order valence-corrected chi connectivity index (χ3v) is 3.29. The van der Waals surface area contributed by atoms with Crippen LogP contribution in [0.2, 0.25) is 0 Å². The van der Waals surface area contributed by atoms with Crippen molar-refractivity contribution in [1.82, 2.24) is 0 Å². The molecule has 0 fully saturated rings. The summed E-state index contributed by atoms with van der Waals surface area (Å²) >= 11 is 0. The lowest BCUT2D eigenvalue weighted by Crippen LogP contribution is -2.22. The SMILES string of the molecule is CCCCCCCC[C@H](C)C[C@H](C)C(N)=O. The van der Waals surface area contributed by atoms with Crippen LogP contribution in [0.3, 0.4) is 0 Å². The Morgan fingerprint density at radius 1 is 1.06 bits per heavy atom. The molecule has 0 rings (SSSR count). The first kappa shape index (κ1) is 15.5. The van der Waals surface area contributed by atoms with Crippen LogP contribution < -0.4 is 5.73 Å². The van der Waals surface area contributed by atoms with Crippen LogP contribution in [0, 0.1) is 11.8 Å². The molecule has 0 spiro atoms. The zero-order valence-electron chi connectivity index (χ0n) is 11.3. The summed E-state index contributed by atoms with van der Waals surface area (Å²) in [7, 11) is 0. The normalized spacial score (nSPS) is 14.7. The van der Waals surface area contributed by atoms with Crippen LogP contribution in [0.25, 0.3) is 0 Å². The van der Waals surface area contributed by atoms with Crippen LogP contribution in [0.4, 0.5) is 0 Å². The summed E-state index contributed by atoms with van der Waals surface area (Å²) in [6, 6.07) is 0. The van der Waals surface area contributed by atoms with Crippen molar-refractivity contribution in [2.24, 2.45) is 17.6 Å². The molecule has 96 valence electrons. The molecule has 1 amide bonds. The van der Waals surface area contributed by atoms with Crippen molar-refractivity contribution < 1.29 is 4.79 Å². The van der Waals surface area contributed by atoms with Crippen molar-refractivity contribution in [2.75, 3.05) is 0 Å². The minimum absolute atomic E-state index is 0.0371. The zero-order valence-corrected chi connectivity index (χ0v) is 11.3. The number of hydrogen-bond acceptors (Lipinski definition) is 1. The fourth-order valence-electron chi connectivity index (χ4n) is 2.11. The molecule has 2 nitrogen and oxygen atoms in total. The minimum Gasteiger partial charge on any atom is -0.369 e. The van der Waals surface area contributed by atoms with Gasteiger partial charge in [0, 0.05) is 5.92 Å². The molecular formula is C14H29NO. The van der Waals surface area contributed by atoms with E-state index in [1.54, 1.807) is 0 Å². The molecule has 2 atom stereocenters. The Morgan fingerprint density at radius 3 is 2.19 bits per heavy atom. The van der Waals surface area contributed by atoms with Crippen molar-refractivity contribution in [1.29, 1.82) is 0 Å². The van der Waals surface area contributed by atoms with E-state index >= 15 is 0 Å². The van der Waals surface area contributed by atoms with E-state index < -0.39 is 0 Å². The lowest BCUT2D eigenvalue weighted by molar-refractivity contribution is -0.121. The van der Waals surface area contributed by atoms with Crippen LogP contribution in [-0.4, -0.2) is 5.91 Å². The van der Waals surface area contributed by atoms with Crippen LogP contribution >= 0.6 is 0 Å². The number of nitrogens with two attached hydrogens (primary N) is 1. The number of amides is 1. The number of carbonyl (C=O) groups excluding carboxylic acids is 1. The fraction of sp³-hybridized carbons (Fsp3) is 0.929. The molecule has 2 N–H and O–H groups in total. The number of carbonyl (C=O) groups is 1. The number of hydrogen-bond donors (Lipinski definition) is 1. The monoisotopic (exact) mass is 227 g/mol. The summed E-state index contributed by atoms with van der Waals surface area (Å²) in [6.45, 7) is 6.40. The Morgan fingerprint density at radius 2 is 1.62 bits per heavy atom. The van der Waals surface area contributed by atoms with E-state index in [1.807, 2.05) is 6.92 Å². The lowest BCUT2D eigenvalue weighted by atomic mass is 9.92. The van der Waals surface area contributed by atoms with Crippen LogP contribution in [0.15, 0.2) is 0 Å². The third-order valence-electron chi connectivity index (χ3n) is 3.29. The molecule has 0 saturated carbocycles. The highest BCUT2D eigenvalue weighted by Gasteiger charge is 2.12. The van der Waals surface area contributed by atoms with Crippen LogP contribution in [0.5, 0.6) is 0 Å². The molecule has 0 aromatic heterocycles. The van der Waals surface area contributed by atoms with Gasteiger partial charge in [-0.1, -0.05) is 65.7 Å². The highest BCUT2D eigenvalue weighted by atomic mass is 16.1. The second kappa shape index (κ2) is 9.68. The smallest absolute Gasteiger partial charge is 0.220 e. The molecule has 0 aliphatic heterocycles. The summed E-state index contributed by atoms with van der Waals surface area (Å²) in [5.74, 6) is 0.513. The Bertz CT molecular complexity index is 180. The van der Waals surface area contributed by atoms with Crippen molar-refractivity contribution in [3.63, 3.8) is 0 Å². The van der Waals surface area contributed by atoms with Gasteiger partial charge >= 0.3 is 0 Å². The van der Waals surface area contributed by atoms with Gasteiger partial charge in [-0.15, -0.1) is 0 Å². The summed E-state index contributed by atoms with van der Waals surface area (Å²) in [4.78, 5) is 10.9. The molecule has 0 aromatic carbocycles. The number of primary amides is 1. The molecule has 0 aliphatic rings. The van der Waals surface area contributed by atoms with Gasteiger partial charge in [-0.3, -0.25) is 4.79 Å². The summed E-state index contributed by atoms with van der Waals surface area (Å²) in [5, 5.41) is 0. The Kier molecular flexibility index (Phi) is 9.36. The van der Waals surface area contributed by atoms with Crippen LogP contribution in [0.1, 0.15) is 72.1 Å². The quantitative estimate of drug-likeness (QED) is 0.565. The van der Waals surface area contributed by atoms with Gasteiger partial charge in [0.15, 0.2) is 0 Å². The largest absolute Gasteiger partial charge is 0.369 e. The van der Waals surface area contributed by atoms with Gasteiger partial charge in [0.1, 0.15) is 0 Å². The molecule has 0 radical (unpaired) electrons. The average molecular weight is 227 g/mol. The van der Waals surface area contributed by atoms with Gasteiger partial charge in [0.2, 0.25) is 5.91 Å². The first-order chi connectivity index (χ1) is 7.57. The maximum absolute atomic E-state index is 10.9. The first-order valence-corrected chi connectivity index (χ1v) is 6.87. The van der Waals surface area contributed by atoms with E-state index in [1.165, 1.54) is 44.9 Å². The predicted octanol–water partition coefficient (Wildman–Crippen LogP) is 3.88. The van der Waals surface area contributed by atoms with Gasteiger partial charge in [-0.05, 0) is 12.3 Å². The van der Waals surface area contributed by atoms with Crippen molar-refractivity contribution >= 4 is 5.91 Å². The van der Waals surface area contributed by atoms with Crippen molar-refractivity contribution in [3.8, 4) is 0 Å². The summed E-state index contributed by atoms with van der Waals surface area (Å²) < 4.78 is 0. The molecule has 0 bridgehead atoms. The van der Waals surface area contributed by atoms with Gasteiger partial charge in [0.05, 0.1) is 0 Å². The molecule has 0 heterocycles. The van der Waals surface area contributed by atoms with E-state index in [4.69, 9.17) is 5.73 Å². The lowest BCUT2D eigenvalue weighted by Gasteiger charge is -2.14. The van der Waals surface area contributed by atoms with E-state index in [9.17, 15) is 4.79 Å². The molecule has 0 aliphatic carbocycles. The Balaban J connectivity index is 3.36. The van der Waals surface area contributed by atoms with Crippen molar-refractivity contribution in [3.05, 3.63) is 0 Å². The van der Waals surface area contributed by atoms with E-state index in [2.05, 4.69) is 13.8 Å². The molecular weight excluding hydrogens is 198 g/mol. The number of unbranched alkanes of at least 4 members (excludes halogenated alkanes) is 5. The third kappa shape index (κ3) is 8.75.